The maximum Gasteiger partial charge on any atom is 0.331 e. The monoisotopic (exact) mass is 231 g/mol. The molecule has 0 bridgehead atoms. The number of nitrogens with one attached hydrogen (secondary N) is 1. The Kier molecular flexibility index (Phi) is 4.24. The third kappa shape index (κ3) is 3.20. The van der Waals surface area contributed by atoms with E-state index >= 15 is 0 Å². The summed E-state index contributed by atoms with van der Waals surface area (Å²) in [6, 6.07) is -1.10. The van der Waals surface area contributed by atoms with Crippen molar-refractivity contribution in [3.05, 3.63) is 0 Å². The van der Waals surface area contributed by atoms with Crippen molar-refractivity contribution in [3.63, 3.8) is 0 Å². The van der Waals surface area contributed by atoms with E-state index < -0.39 is 36.4 Å². The second kappa shape index (κ2) is 5.45. The van der Waals surface area contributed by atoms with Gasteiger partial charge in [-0.25, -0.2) is 4.79 Å². The van der Waals surface area contributed by atoms with Crippen molar-refractivity contribution in [2.75, 3.05) is 13.2 Å². The van der Waals surface area contributed by atoms with Gasteiger partial charge < -0.3 is 19.9 Å². The fourth-order valence-corrected chi connectivity index (χ4v) is 1.23. The number of ether oxygens (including phenoxy) is 2. The molecule has 0 aromatic carbocycles. The average molecular weight is 231 g/mol. The first kappa shape index (κ1) is 12.4. The molecule has 1 heterocycles. The second-order valence-electron chi connectivity index (χ2n) is 3.22. The molecule has 0 aliphatic carbocycles. The van der Waals surface area contributed by atoms with E-state index in [4.69, 9.17) is 0 Å². The summed E-state index contributed by atoms with van der Waals surface area (Å²) in [6.45, 7) is 1.65. The van der Waals surface area contributed by atoms with E-state index in [1.807, 2.05) is 0 Å². The van der Waals surface area contributed by atoms with Gasteiger partial charge in [-0.15, -0.1) is 0 Å². The number of amides is 1. The van der Waals surface area contributed by atoms with Crippen LogP contribution >= 0.6 is 0 Å². The number of hydrogen-bond donors (Lipinski definition) is 2. The van der Waals surface area contributed by atoms with Gasteiger partial charge in [0, 0.05) is 0 Å². The molecule has 0 aromatic rings. The van der Waals surface area contributed by atoms with Gasteiger partial charge >= 0.3 is 11.9 Å². The highest BCUT2D eigenvalue weighted by molar-refractivity contribution is 5.96. The predicted molar refractivity (Wildman–Crippen MR) is 50.1 cm³/mol. The average Bonchev–Trinajstić information content (AvgIpc) is 2.49. The van der Waals surface area contributed by atoms with Crippen molar-refractivity contribution in [1.29, 1.82) is 0 Å². The van der Waals surface area contributed by atoms with Gasteiger partial charge in [-0.05, 0) is 6.92 Å². The molecule has 1 fully saturated rings. The van der Waals surface area contributed by atoms with Crippen molar-refractivity contribution in [3.8, 4) is 0 Å². The number of aliphatic hydroxyl groups is 1. The lowest BCUT2D eigenvalue weighted by Crippen LogP contribution is -2.45. The molecule has 0 unspecified atom stereocenters. The van der Waals surface area contributed by atoms with E-state index in [0.29, 0.717) is 0 Å². The molecular weight excluding hydrogens is 218 g/mol. The fourth-order valence-electron chi connectivity index (χ4n) is 1.23. The summed E-state index contributed by atoms with van der Waals surface area (Å²) >= 11 is 0. The van der Waals surface area contributed by atoms with Crippen molar-refractivity contribution in [1.82, 2.24) is 5.32 Å². The first-order valence-electron chi connectivity index (χ1n) is 4.84. The molecule has 7 nitrogen and oxygen atoms in total. The third-order valence-corrected chi connectivity index (χ3v) is 1.96. The molecule has 2 N–H and O–H groups in total. The molecule has 2 atom stereocenters. The lowest BCUT2D eigenvalue weighted by atomic mass is 10.2. The topological polar surface area (TPSA) is 102 Å². The molecule has 1 aliphatic heterocycles. The zero-order valence-corrected chi connectivity index (χ0v) is 8.76. The highest BCUT2D eigenvalue weighted by Gasteiger charge is 2.36. The zero-order valence-electron chi connectivity index (χ0n) is 8.76. The summed E-state index contributed by atoms with van der Waals surface area (Å²) in [5.74, 6) is -2.06. The van der Waals surface area contributed by atoms with Crippen LogP contribution in [0.25, 0.3) is 0 Å². The summed E-state index contributed by atoms with van der Waals surface area (Å²) in [6.07, 6.45) is -1.55. The predicted octanol–water partition coefficient (Wildman–Crippen LogP) is -1.66. The van der Waals surface area contributed by atoms with E-state index in [-0.39, 0.29) is 13.2 Å². The van der Waals surface area contributed by atoms with Crippen molar-refractivity contribution < 1.29 is 29.0 Å². The van der Waals surface area contributed by atoms with Crippen molar-refractivity contribution in [2.45, 2.75) is 25.5 Å². The number of cyclic esters (lactones) is 1. The van der Waals surface area contributed by atoms with Crippen LogP contribution in [0.3, 0.4) is 0 Å². The van der Waals surface area contributed by atoms with Gasteiger partial charge in [0.05, 0.1) is 6.61 Å². The van der Waals surface area contributed by atoms with Crippen LogP contribution in [0.4, 0.5) is 0 Å². The molecule has 1 aliphatic rings. The van der Waals surface area contributed by atoms with Crippen LogP contribution in [0.1, 0.15) is 13.3 Å². The minimum absolute atomic E-state index is 0.150. The summed E-state index contributed by atoms with van der Waals surface area (Å²) < 4.78 is 9.06. The van der Waals surface area contributed by atoms with E-state index in [2.05, 4.69) is 14.8 Å². The molecule has 0 saturated carbocycles. The number of aliphatic hydroxyl groups excluding tert-OH is 1. The van der Waals surface area contributed by atoms with E-state index in [9.17, 15) is 19.5 Å². The zero-order chi connectivity index (χ0) is 12.1. The third-order valence-electron chi connectivity index (χ3n) is 1.96. The Morgan fingerprint density at radius 3 is 2.81 bits per heavy atom. The van der Waals surface area contributed by atoms with Gasteiger partial charge in [-0.2, -0.15) is 0 Å². The second-order valence-corrected chi connectivity index (χ2v) is 3.22. The Morgan fingerprint density at radius 2 is 2.31 bits per heavy atom. The number of carbonyl (C=O) groups is 3. The number of hydrogen-bond acceptors (Lipinski definition) is 6. The van der Waals surface area contributed by atoms with Crippen molar-refractivity contribution >= 4 is 17.8 Å². The molecule has 0 spiro atoms. The van der Waals surface area contributed by atoms with Gasteiger partial charge in [0.1, 0.15) is 19.1 Å². The summed E-state index contributed by atoms with van der Waals surface area (Å²) in [4.78, 5) is 33.2. The van der Waals surface area contributed by atoms with Crippen molar-refractivity contribution in [2.24, 2.45) is 0 Å². The standard InChI is InChI=1S/C9H13NO6/c1-2-15-7(13)3-6(12)10-8-5(11)4-16-9(8)14/h5,8,11H,2-4H2,1H3,(H,10,12)/t5-,8-/m0/s1. The molecule has 16 heavy (non-hydrogen) atoms. The number of rotatable bonds is 4. The van der Waals surface area contributed by atoms with Crippen LogP contribution in [-0.2, 0) is 23.9 Å². The molecule has 1 saturated heterocycles. The maximum atomic E-state index is 11.2. The van der Waals surface area contributed by atoms with Gasteiger partial charge in [0.25, 0.3) is 0 Å². The largest absolute Gasteiger partial charge is 0.466 e. The quantitative estimate of drug-likeness (QED) is 0.443. The number of carbonyl (C=O) groups excluding carboxylic acids is 3. The minimum atomic E-state index is -1.10. The lowest BCUT2D eigenvalue weighted by molar-refractivity contribution is -0.148. The first-order valence-corrected chi connectivity index (χ1v) is 4.84. The Morgan fingerprint density at radius 1 is 1.62 bits per heavy atom. The highest BCUT2D eigenvalue weighted by atomic mass is 16.6. The smallest absolute Gasteiger partial charge is 0.331 e. The first-order chi connectivity index (χ1) is 7.54. The van der Waals surface area contributed by atoms with Crippen LogP contribution in [0, 0.1) is 0 Å². The Labute approximate surface area is 91.7 Å². The highest BCUT2D eigenvalue weighted by Crippen LogP contribution is 2.07. The lowest BCUT2D eigenvalue weighted by Gasteiger charge is -2.11. The van der Waals surface area contributed by atoms with E-state index in [1.54, 1.807) is 6.92 Å². The molecule has 0 aromatic heterocycles. The summed E-state index contributed by atoms with van der Waals surface area (Å²) in [5.41, 5.74) is 0. The molecular formula is C9H13NO6. The minimum Gasteiger partial charge on any atom is -0.466 e. The van der Waals surface area contributed by atoms with Gasteiger partial charge in [0.15, 0.2) is 6.04 Å². The summed E-state index contributed by atoms with van der Waals surface area (Å²) in [5, 5.41) is 11.5. The molecule has 7 heteroatoms. The SMILES string of the molecule is CCOC(=O)CC(=O)N[C@@H]1C(=O)OC[C@@H]1O. The van der Waals surface area contributed by atoms with Gasteiger partial charge in [-0.1, -0.05) is 0 Å². The van der Waals surface area contributed by atoms with Crippen LogP contribution in [0.2, 0.25) is 0 Å². The Hall–Kier alpha value is -1.63. The summed E-state index contributed by atoms with van der Waals surface area (Å²) in [7, 11) is 0. The van der Waals surface area contributed by atoms with Gasteiger partial charge in [0.2, 0.25) is 5.91 Å². The molecule has 1 amide bonds. The normalized spacial score (nSPS) is 23.8. The van der Waals surface area contributed by atoms with Crippen LogP contribution in [0.15, 0.2) is 0 Å². The van der Waals surface area contributed by atoms with E-state index in [1.165, 1.54) is 0 Å². The molecule has 0 radical (unpaired) electrons. The maximum absolute atomic E-state index is 11.2. The molecule has 90 valence electrons. The van der Waals surface area contributed by atoms with Crippen LogP contribution < -0.4 is 5.32 Å². The van der Waals surface area contributed by atoms with E-state index in [0.717, 1.165) is 0 Å². The Balaban J connectivity index is 2.39. The molecule has 1 rings (SSSR count). The van der Waals surface area contributed by atoms with Gasteiger partial charge in [-0.3, -0.25) is 9.59 Å². The Bertz CT molecular complexity index is 302. The van der Waals surface area contributed by atoms with Crippen LogP contribution in [-0.4, -0.2) is 48.3 Å². The number of esters is 2. The van der Waals surface area contributed by atoms with Crippen LogP contribution in [0.5, 0.6) is 0 Å². The fraction of sp³-hybridized carbons (Fsp3) is 0.667.